The predicted octanol–water partition coefficient (Wildman–Crippen LogP) is 2.53. The molecule has 1 aromatic rings. The second kappa shape index (κ2) is 6.86. The maximum Gasteiger partial charge on any atom is 0.370 e. The van der Waals surface area contributed by atoms with Crippen molar-refractivity contribution in [3.8, 4) is 5.75 Å². The molecule has 0 aliphatic rings. The molecule has 0 fully saturated rings. The minimum absolute atomic E-state index is 0.243. The number of hydrazone groups is 1. The van der Waals surface area contributed by atoms with Gasteiger partial charge in [0.1, 0.15) is 5.75 Å². The van der Waals surface area contributed by atoms with Crippen molar-refractivity contribution in [3.63, 3.8) is 0 Å². The normalized spacial score (nSPS) is 11.0. The SMILES string of the molecule is CCOC(=O)C(Cl)=NNc1ccc(OC)cc1C. The summed E-state index contributed by atoms with van der Waals surface area (Å²) in [5.74, 6) is 0.0938. The number of anilines is 1. The lowest BCUT2D eigenvalue weighted by molar-refractivity contribution is -0.134. The first kappa shape index (κ1) is 14.3. The average molecular weight is 271 g/mol. The van der Waals surface area contributed by atoms with Gasteiger partial charge in [0.25, 0.3) is 0 Å². The van der Waals surface area contributed by atoms with Gasteiger partial charge in [0.05, 0.1) is 19.4 Å². The summed E-state index contributed by atoms with van der Waals surface area (Å²) in [4.78, 5) is 11.2. The van der Waals surface area contributed by atoms with Crippen molar-refractivity contribution in [1.82, 2.24) is 0 Å². The lowest BCUT2D eigenvalue weighted by Gasteiger charge is -2.07. The number of rotatable bonds is 5. The molecule has 0 saturated carbocycles. The highest BCUT2D eigenvalue weighted by Crippen LogP contribution is 2.20. The molecular formula is C12H15ClN2O3. The van der Waals surface area contributed by atoms with Crippen LogP contribution in [0.2, 0.25) is 0 Å². The molecule has 0 aliphatic heterocycles. The fraction of sp³-hybridized carbons (Fsp3) is 0.333. The molecule has 0 atom stereocenters. The molecule has 0 amide bonds. The van der Waals surface area contributed by atoms with Crippen molar-refractivity contribution in [3.05, 3.63) is 23.8 Å². The zero-order valence-electron chi connectivity index (χ0n) is 10.5. The molecule has 1 N–H and O–H groups in total. The number of hydrogen-bond donors (Lipinski definition) is 1. The van der Waals surface area contributed by atoms with Gasteiger partial charge in [0.15, 0.2) is 0 Å². The number of benzene rings is 1. The maximum absolute atomic E-state index is 11.2. The van der Waals surface area contributed by atoms with Crippen molar-refractivity contribution < 1.29 is 14.3 Å². The van der Waals surface area contributed by atoms with Crippen LogP contribution >= 0.6 is 11.6 Å². The number of carbonyl (C=O) groups excluding carboxylic acids is 1. The molecule has 18 heavy (non-hydrogen) atoms. The summed E-state index contributed by atoms with van der Waals surface area (Å²) in [6, 6.07) is 5.41. The molecule has 5 nitrogen and oxygen atoms in total. The van der Waals surface area contributed by atoms with Crippen LogP contribution in [0.3, 0.4) is 0 Å². The summed E-state index contributed by atoms with van der Waals surface area (Å²) >= 11 is 5.66. The molecule has 6 heteroatoms. The third-order valence-electron chi connectivity index (χ3n) is 2.15. The van der Waals surface area contributed by atoms with E-state index >= 15 is 0 Å². The fourth-order valence-electron chi connectivity index (χ4n) is 1.23. The highest BCUT2D eigenvalue weighted by Gasteiger charge is 2.09. The number of nitrogens with one attached hydrogen (secondary N) is 1. The average Bonchev–Trinajstić information content (AvgIpc) is 2.37. The van der Waals surface area contributed by atoms with Crippen molar-refractivity contribution in [1.29, 1.82) is 0 Å². The van der Waals surface area contributed by atoms with Crippen molar-refractivity contribution in [2.24, 2.45) is 5.10 Å². The van der Waals surface area contributed by atoms with Crippen LogP contribution in [0.5, 0.6) is 5.75 Å². The van der Waals surface area contributed by atoms with Crippen molar-refractivity contribution in [2.75, 3.05) is 19.1 Å². The van der Waals surface area contributed by atoms with E-state index in [1.807, 2.05) is 13.0 Å². The fourth-order valence-corrected chi connectivity index (χ4v) is 1.33. The highest BCUT2D eigenvalue weighted by molar-refractivity contribution is 6.82. The smallest absolute Gasteiger partial charge is 0.370 e. The molecule has 0 aliphatic carbocycles. The lowest BCUT2D eigenvalue weighted by Crippen LogP contribution is -2.13. The summed E-state index contributed by atoms with van der Waals surface area (Å²) in [5, 5.41) is 3.50. The summed E-state index contributed by atoms with van der Waals surface area (Å²) < 4.78 is 9.78. The number of halogens is 1. The van der Waals surface area contributed by atoms with Crippen LogP contribution in [0.1, 0.15) is 12.5 Å². The number of nitrogens with zero attached hydrogens (tertiary/aromatic N) is 1. The summed E-state index contributed by atoms with van der Waals surface area (Å²) in [5.41, 5.74) is 4.36. The van der Waals surface area contributed by atoms with Gasteiger partial charge in [-0.3, -0.25) is 5.43 Å². The standard InChI is InChI=1S/C12H15ClN2O3/c1-4-18-12(16)11(13)15-14-10-6-5-9(17-3)7-8(10)2/h5-7,14H,4H2,1-3H3. The van der Waals surface area contributed by atoms with Gasteiger partial charge < -0.3 is 9.47 Å². The van der Waals surface area contributed by atoms with E-state index in [9.17, 15) is 4.79 Å². The number of aryl methyl sites for hydroxylation is 1. The minimum Gasteiger partial charge on any atom is -0.497 e. The topological polar surface area (TPSA) is 59.9 Å². The van der Waals surface area contributed by atoms with E-state index in [-0.39, 0.29) is 11.8 Å². The molecule has 1 aromatic carbocycles. The summed E-state index contributed by atoms with van der Waals surface area (Å²) in [7, 11) is 1.59. The van der Waals surface area contributed by atoms with Crippen LogP contribution in [-0.4, -0.2) is 24.9 Å². The molecule has 0 bridgehead atoms. The zero-order valence-corrected chi connectivity index (χ0v) is 11.2. The van der Waals surface area contributed by atoms with E-state index in [1.54, 1.807) is 26.2 Å². The second-order valence-corrected chi connectivity index (χ2v) is 3.77. The first-order valence-electron chi connectivity index (χ1n) is 5.39. The Kier molecular flexibility index (Phi) is 5.45. The first-order chi connectivity index (χ1) is 8.58. The summed E-state index contributed by atoms with van der Waals surface area (Å²) in [6.45, 7) is 3.84. The summed E-state index contributed by atoms with van der Waals surface area (Å²) in [6.07, 6.45) is 0. The Morgan fingerprint density at radius 2 is 2.22 bits per heavy atom. The Morgan fingerprint density at radius 1 is 1.50 bits per heavy atom. The Balaban J connectivity index is 2.73. The number of hydrogen-bond acceptors (Lipinski definition) is 5. The van der Waals surface area contributed by atoms with E-state index in [4.69, 9.17) is 21.1 Å². The maximum atomic E-state index is 11.2. The van der Waals surface area contributed by atoms with E-state index in [1.165, 1.54) is 0 Å². The van der Waals surface area contributed by atoms with Gasteiger partial charge >= 0.3 is 5.97 Å². The molecular weight excluding hydrogens is 256 g/mol. The van der Waals surface area contributed by atoms with E-state index < -0.39 is 5.97 Å². The van der Waals surface area contributed by atoms with Gasteiger partial charge in [0, 0.05) is 0 Å². The predicted molar refractivity (Wildman–Crippen MR) is 71.3 cm³/mol. The van der Waals surface area contributed by atoms with Crippen LogP contribution in [0.15, 0.2) is 23.3 Å². The van der Waals surface area contributed by atoms with Crippen LogP contribution in [0.25, 0.3) is 0 Å². The minimum atomic E-state index is -0.655. The van der Waals surface area contributed by atoms with Gasteiger partial charge in [-0.05, 0) is 37.6 Å². The molecule has 98 valence electrons. The first-order valence-corrected chi connectivity index (χ1v) is 5.77. The third kappa shape index (κ3) is 3.92. The molecule has 0 aromatic heterocycles. The van der Waals surface area contributed by atoms with Crippen molar-refractivity contribution >= 4 is 28.4 Å². The van der Waals surface area contributed by atoms with Gasteiger partial charge in [-0.2, -0.15) is 5.10 Å². The van der Waals surface area contributed by atoms with Crippen LogP contribution in [0, 0.1) is 6.92 Å². The Hall–Kier alpha value is -1.75. The lowest BCUT2D eigenvalue weighted by atomic mass is 10.2. The molecule has 0 heterocycles. The van der Waals surface area contributed by atoms with Crippen LogP contribution in [0.4, 0.5) is 5.69 Å². The van der Waals surface area contributed by atoms with Gasteiger partial charge in [-0.15, -0.1) is 0 Å². The van der Waals surface area contributed by atoms with Crippen molar-refractivity contribution in [2.45, 2.75) is 13.8 Å². The molecule has 0 saturated heterocycles. The molecule has 1 rings (SSSR count). The number of methoxy groups -OCH3 is 1. The Morgan fingerprint density at radius 3 is 2.78 bits per heavy atom. The van der Waals surface area contributed by atoms with Gasteiger partial charge in [-0.1, -0.05) is 11.6 Å². The van der Waals surface area contributed by atoms with E-state index in [0.29, 0.717) is 0 Å². The number of carbonyl (C=O) groups is 1. The van der Waals surface area contributed by atoms with E-state index in [0.717, 1.165) is 17.0 Å². The zero-order chi connectivity index (χ0) is 13.5. The van der Waals surface area contributed by atoms with Crippen LogP contribution in [-0.2, 0) is 9.53 Å². The quantitative estimate of drug-likeness (QED) is 0.507. The monoisotopic (exact) mass is 270 g/mol. The number of ether oxygens (including phenoxy) is 2. The number of esters is 1. The molecule has 0 unspecified atom stereocenters. The highest BCUT2D eigenvalue weighted by atomic mass is 35.5. The second-order valence-electron chi connectivity index (χ2n) is 3.42. The Bertz CT molecular complexity index is 461. The van der Waals surface area contributed by atoms with Gasteiger partial charge in [-0.25, -0.2) is 4.79 Å². The van der Waals surface area contributed by atoms with Gasteiger partial charge in [0.2, 0.25) is 5.17 Å². The molecule has 0 radical (unpaired) electrons. The Labute approximate surface area is 111 Å². The van der Waals surface area contributed by atoms with E-state index in [2.05, 4.69) is 10.5 Å². The molecule has 0 spiro atoms. The largest absolute Gasteiger partial charge is 0.497 e. The van der Waals surface area contributed by atoms with Crippen LogP contribution < -0.4 is 10.2 Å². The third-order valence-corrected chi connectivity index (χ3v) is 2.39.